The van der Waals surface area contributed by atoms with Crippen LogP contribution in [0.2, 0.25) is 0 Å². The monoisotopic (exact) mass is 414 g/mol. The van der Waals surface area contributed by atoms with Crippen LogP contribution in [0.15, 0.2) is 12.2 Å². The Balaban J connectivity index is 1.16. The van der Waals surface area contributed by atoms with Gasteiger partial charge in [0, 0.05) is 11.8 Å². The van der Waals surface area contributed by atoms with Crippen molar-refractivity contribution >= 4 is 11.9 Å². The highest BCUT2D eigenvalue weighted by Gasteiger charge is 2.72. The van der Waals surface area contributed by atoms with E-state index < -0.39 is 29.2 Å². The van der Waals surface area contributed by atoms with Crippen LogP contribution in [0.3, 0.4) is 0 Å². The van der Waals surface area contributed by atoms with Gasteiger partial charge in [-0.15, -0.1) is 0 Å². The lowest BCUT2D eigenvalue weighted by Gasteiger charge is -2.44. The molecule has 0 aromatic heterocycles. The van der Waals surface area contributed by atoms with Gasteiger partial charge < -0.3 is 14.6 Å². The van der Waals surface area contributed by atoms with Crippen molar-refractivity contribution in [2.75, 3.05) is 6.61 Å². The molecule has 5 heteroatoms. The number of fused-ring (bicyclic) bond motifs is 11. The molecule has 0 spiro atoms. The maximum absolute atomic E-state index is 13.4. The van der Waals surface area contributed by atoms with Crippen molar-refractivity contribution < 1.29 is 24.2 Å². The molecule has 0 radical (unpaired) electrons. The van der Waals surface area contributed by atoms with Crippen LogP contribution in [-0.4, -0.2) is 29.4 Å². The van der Waals surface area contributed by atoms with Gasteiger partial charge in [-0.25, -0.2) is 4.79 Å². The summed E-state index contributed by atoms with van der Waals surface area (Å²) in [5, 5.41) is 11.3. The molecule has 5 saturated carbocycles. The molecule has 0 heterocycles. The molecule has 9 atom stereocenters. The van der Waals surface area contributed by atoms with E-state index in [4.69, 9.17) is 9.47 Å². The first-order valence-electron chi connectivity index (χ1n) is 11.9. The van der Waals surface area contributed by atoms with E-state index in [0.717, 1.165) is 32.1 Å². The average Bonchev–Trinajstić information content (AvgIpc) is 3.50. The third-order valence-corrected chi connectivity index (χ3v) is 11.2. The summed E-state index contributed by atoms with van der Waals surface area (Å²) in [7, 11) is 0. The van der Waals surface area contributed by atoms with Gasteiger partial charge >= 0.3 is 11.9 Å². The zero-order valence-electron chi connectivity index (χ0n) is 18.4. The van der Waals surface area contributed by atoms with E-state index in [1.54, 1.807) is 0 Å². The molecular weight excluding hydrogens is 380 g/mol. The smallest absolute Gasteiger partial charge is 0.346 e. The van der Waals surface area contributed by atoms with Crippen molar-refractivity contribution in [3.05, 3.63) is 12.2 Å². The van der Waals surface area contributed by atoms with Crippen LogP contribution in [-0.2, 0) is 19.1 Å². The lowest BCUT2D eigenvalue weighted by molar-refractivity contribution is -0.263. The minimum Gasteiger partial charge on any atom is -0.453 e. The summed E-state index contributed by atoms with van der Waals surface area (Å²) in [5.74, 6) is 0.247. The minimum atomic E-state index is -1.47. The second-order valence-electron chi connectivity index (χ2n) is 11.9. The van der Waals surface area contributed by atoms with Gasteiger partial charge in [0.15, 0.2) is 6.61 Å². The van der Waals surface area contributed by atoms with E-state index in [-0.39, 0.29) is 17.3 Å². The summed E-state index contributed by atoms with van der Waals surface area (Å²) < 4.78 is 11.3. The standard InChI is InChI=1S/C25H34O5/c1-22(2)18-8-9-23(22,3)24(28,12-18)30-19(26)13-29-21(27)25-16-6-4-14(10-16)20(25)15-5-7-17(25)11-15/h4,6,14-18,20,28H,5,7-13H2,1-3H3. The molecule has 0 aromatic carbocycles. The van der Waals surface area contributed by atoms with Crippen molar-refractivity contribution in [3.63, 3.8) is 0 Å². The van der Waals surface area contributed by atoms with Crippen molar-refractivity contribution in [1.29, 1.82) is 0 Å². The summed E-state index contributed by atoms with van der Waals surface area (Å²) in [6.07, 6.45) is 11.4. The third kappa shape index (κ3) is 2.00. The zero-order chi connectivity index (χ0) is 21.1. The number of hydrogen-bond donors (Lipinski definition) is 1. The van der Waals surface area contributed by atoms with Crippen LogP contribution in [0, 0.1) is 51.8 Å². The van der Waals surface area contributed by atoms with Crippen LogP contribution in [0.25, 0.3) is 0 Å². The molecule has 0 amide bonds. The Hall–Kier alpha value is -1.36. The van der Waals surface area contributed by atoms with Crippen LogP contribution in [0.1, 0.15) is 65.7 Å². The van der Waals surface area contributed by atoms with E-state index in [1.165, 1.54) is 6.42 Å². The Labute approximate surface area is 178 Å². The predicted molar refractivity (Wildman–Crippen MR) is 109 cm³/mol. The van der Waals surface area contributed by atoms with E-state index in [1.807, 2.05) is 6.92 Å². The molecule has 1 N–H and O–H groups in total. The number of carbonyl (C=O) groups is 2. The molecule has 0 aromatic rings. The zero-order valence-corrected chi connectivity index (χ0v) is 18.4. The first-order valence-corrected chi connectivity index (χ1v) is 11.9. The fourth-order valence-electron chi connectivity index (χ4n) is 9.33. The Kier molecular flexibility index (Phi) is 3.68. The first-order chi connectivity index (χ1) is 14.1. The largest absolute Gasteiger partial charge is 0.453 e. The second kappa shape index (κ2) is 5.70. The topological polar surface area (TPSA) is 72.8 Å². The first kappa shape index (κ1) is 19.3. The minimum absolute atomic E-state index is 0.0800. The normalized spacial score (nSPS) is 53.3. The highest BCUT2D eigenvalue weighted by molar-refractivity contribution is 5.83. The van der Waals surface area contributed by atoms with Crippen molar-refractivity contribution in [2.24, 2.45) is 51.8 Å². The number of rotatable bonds is 4. The van der Waals surface area contributed by atoms with E-state index in [2.05, 4.69) is 26.0 Å². The molecule has 6 aliphatic carbocycles. The van der Waals surface area contributed by atoms with Crippen molar-refractivity contribution in [3.8, 4) is 0 Å². The molecule has 164 valence electrons. The van der Waals surface area contributed by atoms with E-state index >= 15 is 0 Å². The maximum Gasteiger partial charge on any atom is 0.346 e. The Morgan fingerprint density at radius 1 is 1.07 bits per heavy atom. The van der Waals surface area contributed by atoms with Crippen molar-refractivity contribution in [1.82, 2.24) is 0 Å². The molecule has 5 fully saturated rings. The number of ether oxygens (including phenoxy) is 2. The van der Waals surface area contributed by atoms with Gasteiger partial charge in [0.2, 0.25) is 5.79 Å². The maximum atomic E-state index is 13.4. The molecule has 6 aliphatic rings. The van der Waals surface area contributed by atoms with Gasteiger partial charge in [0.1, 0.15) is 0 Å². The van der Waals surface area contributed by atoms with Gasteiger partial charge in [0.05, 0.1) is 5.41 Å². The number of carbonyl (C=O) groups excluding carboxylic acids is 2. The SMILES string of the molecule is CC1(C)C2CCC1(C)C(O)(OC(=O)COC(=O)C13C4C=CC(C4)C1C1CCC3C1)C2. The highest BCUT2D eigenvalue weighted by atomic mass is 16.7. The number of aliphatic hydroxyl groups is 1. The quantitative estimate of drug-likeness (QED) is 0.327. The molecule has 5 nitrogen and oxygen atoms in total. The molecule has 0 aliphatic heterocycles. The second-order valence-corrected chi connectivity index (χ2v) is 11.9. The summed E-state index contributed by atoms with van der Waals surface area (Å²) in [5.41, 5.74) is -0.961. The Morgan fingerprint density at radius 3 is 2.57 bits per heavy atom. The molecule has 0 saturated heterocycles. The molecule has 30 heavy (non-hydrogen) atoms. The van der Waals surface area contributed by atoms with Crippen molar-refractivity contribution in [2.45, 2.75) is 71.5 Å². The highest BCUT2D eigenvalue weighted by Crippen LogP contribution is 2.73. The van der Waals surface area contributed by atoms with Crippen LogP contribution in [0.4, 0.5) is 0 Å². The Morgan fingerprint density at radius 2 is 1.87 bits per heavy atom. The fourth-order valence-corrected chi connectivity index (χ4v) is 9.33. The summed E-state index contributed by atoms with van der Waals surface area (Å²) in [6.45, 7) is 5.95. The molecule has 9 unspecified atom stereocenters. The van der Waals surface area contributed by atoms with E-state index in [0.29, 0.717) is 36.0 Å². The summed E-state index contributed by atoms with van der Waals surface area (Å²) in [4.78, 5) is 26.1. The molecule has 6 rings (SSSR count). The number of allylic oxidation sites excluding steroid dienone is 2. The summed E-state index contributed by atoms with van der Waals surface area (Å²) in [6, 6.07) is 0. The molecule has 6 bridgehead atoms. The van der Waals surface area contributed by atoms with Gasteiger partial charge in [0.25, 0.3) is 0 Å². The van der Waals surface area contributed by atoms with Gasteiger partial charge in [-0.2, -0.15) is 0 Å². The lowest BCUT2D eigenvalue weighted by atomic mass is 9.61. The number of hydrogen-bond acceptors (Lipinski definition) is 5. The van der Waals surface area contributed by atoms with Gasteiger partial charge in [-0.05, 0) is 79.4 Å². The van der Waals surface area contributed by atoms with Crippen LogP contribution < -0.4 is 0 Å². The predicted octanol–water partition coefficient (Wildman–Crippen LogP) is 3.85. The van der Waals surface area contributed by atoms with Crippen LogP contribution >= 0.6 is 0 Å². The van der Waals surface area contributed by atoms with Crippen LogP contribution in [0.5, 0.6) is 0 Å². The van der Waals surface area contributed by atoms with E-state index in [9.17, 15) is 14.7 Å². The lowest BCUT2D eigenvalue weighted by Crippen LogP contribution is -2.51. The fraction of sp³-hybridized carbons (Fsp3) is 0.840. The van der Waals surface area contributed by atoms with Gasteiger partial charge in [-0.3, -0.25) is 4.79 Å². The average molecular weight is 415 g/mol. The number of esters is 2. The van der Waals surface area contributed by atoms with Gasteiger partial charge in [-0.1, -0.05) is 32.9 Å². The Bertz CT molecular complexity index is 846. The summed E-state index contributed by atoms with van der Waals surface area (Å²) >= 11 is 0. The molecular formula is C25H34O5. The third-order valence-electron chi connectivity index (χ3n) is 11.2.